The molecule has 2 aromatic carbocycles. The zero-order valence-corrected chi connectivity index (χ0v) is 15.2. The second-order valence-corrected chi connectivity index (χ2v) is 5.16. The molecule has 1 heterocycles. The van der Waals surface area contributed by atoms with Gasteiger partial charge in [0.05, 0.1) is 19.0 Å². The van der Waals surface area contributed by atoms with Crippen LogP contribution in [0.1, 0.15) is 24.3 Å². The average molecular weight is 368 g/mol. The molecule has 0 fully saturated rings. The van der Waals surface area contributed by atoms with Crippen molar-refractivity contribution in [1.82, 2.24) is 9.78 Å². The Kier molecular flexibility index (Phi) is 6.32. The van der Waals surface area contributed by atoms with E-state index in [1.165, 1.54) is 4.68 Å². The van der Waals surface area contributed by atoms with E-state index in [0.29, 0.717) is 17.0 Å². The fraction of sp³-hybridized carbons (Fsp3) is 0.150. The maximum absolute atomic E-state index is 11.7. The van der Waals surface area contributed by atoms with Gasteiger partial charge < -0.3 is 14.9 Å². The molecule has 7 heteroatoms. The standard InChI is InChI=1S/C18H14N2O5.C2H6/c1-25-15-9-5-3-7-12(15)11-6-2-4-8-13(11)20-10-14(21)17(22)16(19-20)18(23)24;1-2/h2-10,21H,1H3,(H,23,24);1-2H3. The third-order valence-electron chi connectivity index (χ3n) is 3.65. The van der Waals surface area contributed by atoms with E-state index in [1.807, 2.05) is 44.2 Å². The number of hydrogen-bond donors (Lipinski definition) is 2. The van der Waals surface area contributed by atoms with Gasteiger partial charge in [-0.25, -0.2) is 9.48 Å². The molecule has 0 saturated carbocycles. The fourth-order valence-electron chi connectivity index (χ4n) is 2.51. The molecule has 27 heavy (non-hydrogen) atoms. The summed E-state index contributed by atoms with van der Waals surface area (Å²) in [6.45, 7) is 4.00. The molecule has 7 nitrogen and oxygen atoms in total. The van der Waals surface area contributed by atoms with Gasteiger partial charge in [-0.05, 0) is 12.1 Å². The predicted molar refractivity (Wildman–Crippen MR) is 102 cm³/mol. The first-order chi connectivity index (χ1) is 13.0. The molecule has 0 aliphatic rings. The molecule has 0 unspecified atom stereocenters. The Hall–Kier alpha value is -3.61. The summed E-state index contributed by atoms with van der Waals surface area (Å²) in [5.41, 5.74) is 0.169. The number of hydrogen-bond acceptors (Lipinski definition) is 5. The highest BCUT2D eigenvalue weighted by Crippen LogP contribution is 2.33. The second-order valence-electron chi connectivity index (χ2n) is 5.16. The highest BCUT2D eigenvalue weighted by atomic mass is 16.5. The van der Waals surface area contributed by atoms with Gasteiger partial charge in [0.15, 0.2) is 5.75 Å². The van der Waals surface area contributed by atoms with Crippen molar-refractivity contribution in [3.05, 3.63) is 70.6 Å². The van der Waals surface area contributed by atoms with Gasteiger partial charge >= 0.3 is 5.97 Å². The van der Waals surface area contributed by atoms with Crippen molar-refractivity contribution < 1.29 is 19.7 Å². The van der Waals surface area contributed by atoms with Crippen molar-refractivity contribution in [2.24, 2.45) is 0 Å². The summed E-state index contributed by atoms with van der Waals surface area (Å²) in [5.74, 6) is -1.58. The van der Waals surface area contributed by atoms with Gasteiger partial charge in [-0.2, -0.15) is 5.10 Å². The van der Waals surface area contributed by atoms with Crippen molar-refractivity contribution in [3.8, 4) is 28.3 Å². The zero-order valence-electron chi connectivity index (χ0n) is 15.2. The Labute approximate surface area is 156 Å². The van der Waals surface area contributed by atoms with Gasteiger partial charge in [0.1, 0.15) is 5.75 Å². The number of aromatic carboxylic acids is 1. The normalized spacial score (nSPS) is 9.89. The van der Waals surface area contributed by atoms with Crippen molar-refractivity contribution >= 4 is 5.97 Å². The molecule has 2 N–H and O–H groups in total. The van der Waals surface area contributed by atoms with Gasteiger partial charge in [0.2, 0.25) is 5.69 Å². The maximum Gasteiger partial charge on any atom is 0.360 e. The van der Waals surface area contributed by atoms with E-state index in [0.717, 1.165) is 11.8 Å². The van der Waals surface area contributed by atoms with Gasteiger partial charge in [0.25, 0.3) is 5.43 Å². The van der Waals surface area contributed by atoms with E-state index < -0.39 is 22.8 Å². The summed E-state index contributed by atoms with van der Waals surface area (Å²) in [5, 5.41) is 22.8. The Bertz CT molecular complexity index is 1010. The first-order valence-corrected chi connectivity index (χ1v) is 8.32. The number of carboxylic acids is 1. The molecule has 0 amide bonds. The second kappa shape index (κ2) is 8.66. The van der Waals surface area contributed by atoms with Crippen molar-refractivity contribution in [1.29, 1.82) is 0 Å². The van der Waals surface area contributed by atoms with E-state index in [-0.39, 0.29) is 0 Å². The van der Waals surface area contributed by atoms with E-state index >= 15 is 0 Å². The van der Waals surface area contributed by atoms with Crippen molar-refractivity contribution in [2.45, 2.75) is 13.8 Å². The molecule has 0 aliphatic carbocycles. The minimum atomic E-state index is -1.51. The van der Waals surface area contributed by atoms with Crippen molar-refractivity contribution in [2.75, 3.05) is 7.11 Å². The van der Waals surface area contributed by atoms with E-state index in [9.17, 15) is 14.7 Å². The number of para-hydroxylation sites is 2. The smallest absolute Gasteiger partial charge is 0.360 e. The van der Waals surface area contributed by atoms with Gasteiger partial charge in [-0.3, -0.25) is 4.79 Å². The summed E-state index contributed by atoms with van der Waals surface area (Å²) in [7, 11) is 1.55. The monoisotopic (exact) mass is 368 g/mol. The molecule has 0 aliphatic heterocycles. The number of ether oxygens (including phenoxy) is 1. The van der Waals surface area contributed by atoms with Crippen LogP contribution in [0, 0.1) is 0 Å². The SMILES string of the molecule is CC.COc1ccccc1-c1ccccc1-n1cc(O)c(=O)c(C(=O)O)n1. The number of benzene rings is 2. The highest BCUT2D eigenvalue weighted by Gasteiger charge is 2.18. The van der Waals surface area contributed by atoms with Gasteiger partial charge in [-0.1, -0.05) is 50.2 Å². The molecule has 0 bridgehead atoms. The Balaban J connectivity index is 0.00000126. The lowest BCUT2D eigenvalue weighted by Crippen LogP contribution is -2.21. The number of aromatic hydroxyl groups is 1. The Morgan fingerprint density at radius 3 is 2.26 bits per heavy atom. The largest absolute Gasteiger partial charge is 0.503 e. The van der Waals surface area contributed by atoms with Crippen LogP contribution in [-0.2, 0) is 0 Å². The molecular weight excluding hydrogens is 348 g/mol. The fourth-order valence-corrected chi connectivity index (χ4v) is 2.51. The molecule has 3 aromatic rings. The van der Waals surface area contributed by atoms with E-state index in [4.69, 9.17) is 9.84 Å². The lowest BCUT2D eigenvalue weighted by molar-refractivity contribution is 0.0686. The molecule has 140 valence electrons. The van der Waals surface area contributed by atoms with Crippen molar-refractivity contribution in [3.63, 3.8) is 0 Å². The van der Waals surface area contributed by atoms with E-state index in [1.54, 1.807) is 25.3 Å². The third kappa shape index (κ3) is 3.98. The number of carbonyl (C=O) groups is 1. The number of carboxylic acid groups (broad SMARTS) is 1. The van der Waals surface area contributed by atoms with Crippen LogP contribution in [-0.4, -0.2) is 33.1 Å². The summed E-state index contributed by atoms with van der Waals surface area (Å²) >= 11 is 0. The maximum atomic E-state index is 11.7. The lowest BCUT2D eigenvalue weighted by atomic mass is 10.0. The third-order valence-corrected chi connectivity index (χ3v) is 3.65. The minimum absolute atomic E-state index is 0.491. The van der Waals surface area contributed by atoms with Gasteiger partial charge in [-0.15, -0.1) is 0 Å². The quantitative estimate of drug-likeness (QED) is 0.732. The first-order valence-electron chi connectivity index (χ1n) is 8.32. The molecule has 1 aromatic heterocycles. The van der Waals surface area contributed by atoms with Crippen LogP contribution >= 0.6 is 0 Å². The number of methoxy groups -OCH3 is 1. The molecular formula is C20H20N2O5. The zero-order chi connectivity index (χ0) is 20.0. The van der Waals surface area contributed by atoms with E-state index in [2.05, 4.69) is 5.10 Å². The average Bonchev–Trinajstić information content (AvgIpc) is 2.71. The van der Waals surface area contributed by atoms with Crippen LogP contribution in [0.15, 0.2) is 59.5 Å². The molecule has 0 atom stereocenters. The molecule has 0 saturated heterocycles. The minimum Gasteiger partial charge on any atom is -0.503 e. The number of rotatable bonds is 4. The van der Waals surface area contributed by atoms with Crippen LogP contribution < -0.4 is 10.2 Å². The summed E-state index contributed by atoms with van der Waals surface area (Å²) in [6, 6.07) is 14.4. The number of aromatic nitrogens is 2. The van der Waals surface area contributed by atoms with Crippen LogP contribution in [0.3, 0.4) is 0 Å². The number of nitrogens with zero attached hydrogens (tertiary/aromatic N) is 2. The predicted octanol–water partition coefficient (Wildman–Crippen LogP) is 3.34. The van der Waals surface area contributed by atoms with Crippen LogP contribution in [0.5, 0.6) is 11.5 Å². The van der Waals surface area contributed by atoms with Crippen LogP contribution in [0.25, 0.3) is 16.8 Å². The summed E-state index contributed by atoms with van der Waals surface area (Å²) in [6.07, 6.45) is 1.09. The first kappa shape index (κ1) is 19.7. The Morgan fingerprint density at radius 1 is 1.04 bits per heavy atom. The highest BCUT2D eigenvalue weighted by molar-refractivity contribution is 5.85. The molecule has 3 rings (SSSR count). The summed E-state index contributed by atoms with van der Waals surface area (Å²) in [4.78, 5) is 22.9. The van der Waals surface area contributed by atoms with Gasteiger partial charge in [0, 0.05) is 11.1 Å². The topological polar surface area (TPSA) is 102 Å². The van der Waals surface area contributed by atoms with Crippen LogP contribution in [0.2, 0.25) is 0 Å². The molecule has 0 radical (unpaired) electrons. The summed E-state index contributed by atoms with van der Waals surface area (Å²) < 4.78 is 6.54. The lowest BCUT2D eigenvalue weighted by Gasteiger charge is -2.14. The molecule has 0 spiro atoms. The Morgan fingerprint density at radius 2 is 1.63 bits per heavy atom. The van der Waals surface area contributed by atoms with Crippen LogP contribution in [0.4, 0.5) is 0 Å².